The molecule has 0 aliphatic heterocycles. The van der Waals surface area contributed by atoms with Crippen LogP contribution in [0.1, 0.15) is 53.4 Å². The Bertz CT molecular complexity index is 227. The third kappa shape index (κ3) is 2.35. The summed E-state index contributed by atoms with van der Waals surface area (Å²) in [6.45, 7) is 8.59. The molecule has 2 atom stereocenters. The third-order valence-corrected chi connectivity index (χ3v) is 4.00. The van der Waals surface area contributed by atoms with Gasteiger partial charge >= 0.3 is 5.97 Å². The maximum Gasteiger partial charge on any atom is 0.307 e. The van der Waals surface area contributed by atoms with Gasteiger partial charge in [-0.05, 0) is 17.3 Å². The lowest BCUT2D eigenvalue weighted by Gasteiger charge is -2.16. The first kappa shape index (κ1) is 12.5. The summed E-state index contributed by atoms with van der Waals surface area (Å²) in [5.74, 6) is 0.341. The lowest BCUT2D eigenvalue weighted by atomic mass is 9.89. The minimum Gasteiger partial charge on any atom is -0.481 e. The van der Waals surface area contributed by atoms with E-state index in [0.29, 0.717) is 11.8 Å². The van der Waals surface area contributed by atoms with Crippen LogP contribution >= 0.6 is 0 Å². The van der Waals surface area contributed by atoms with Gasteiger partial charge in [0.25, 0.3) is 0 Å². The van der Waals surface area contributed by atoms with Crippen molar-refractivity contribution in [1.29, 1.82) is 0 Å². The van der Waals surface area contributed by atoms with Crippen LogP contribution in [0.2, 0.25) is 0 Å². The number of carboxylic acid groups (broad SMARTS) is 1. The summed E-state index contributed by atoms with van der Waals surface area (Å²) in [4.78, 5) is 11.1. The van der Waals surface area contributed by atoms with E-state index in [1.807, 2.05) is 0 Å². The van der Waals surface area contributed by atoms with Crippen LogP contribution < -0.4 is 0 Å². The number of hydrogen-bond acceptors (Lipinski definition) is 1. The molecule has 0 saturated heterocycles. The highest BCUT2D eigenvalue weighted by molar-refractivity contribution is 5.75. The van der Waals surface area contributed by atoms with Crippen LogP contribution in [-0.2, 0) is 4.79 Å². The average Bonchev–Trinajstić information content (AvgIpc) is 2.68. The summed E-state index contributed by atoms with van der Waals surface area (Å²) in [6.07, 6.45) is 4.71. The molecule has 1 rings (SSSR count). The Labute approximate surface area is 93.1 Å². The molecule has 2 unspecified atom stereocenters. The summed E-state index contributed by atoms with van der Waals surface area (Å²) in [6, 6.07) is 0. The summed E-state index contributed by atoms with van der Waals surface area (Å²) in [5, 5.41) is 9.14. The third-order valence-electron chi connectivity index (χ3n) is 4.00. The molecule has 1 fully saturated rings. The van der Waals surface area contributed by atoms with Gasteiger partial charge in [-0.2, -0.15) is 0 Å². The zero-order chi connectivity index (χ0) is 11.6. The summed E-state index contributed by atoms with van der Waals surface area (Å²) in [7, 11) is 0. The summed E-state index contributed by atoms with van der Waals surface area (Å²) < 4.78 is 0. The van der Waals surface area contributed by atoms with E-state index in [0.717, 1.165) is 0 Å². The molecule has 0 radical (unpaired) electrons. The van der Waals surface area contributed by atoms with Gasteiger partial charge < -0.3 is 5.11 Å². The van der Waals surface area contributed by atoms with Gasteiger partial charge in [0.1, 0.15) is 0 Å². The molecule has 0 spiro atoms. The Morgan fingerprint density at radius 2 is 1.73 bits per heavy atom. The SMILES string of the molecule is CCCC(CCC)C1C(C(=O)O)C1(C)C. The minimum absolute atomic E-state index is 0.0286. The highest BCUT2D eigenvalue weighted by Gasteiger charge is 2.63. The molecule has 2 heteroatoms. The molecule has 2 nitrogen and oxygen atoms in total. The first-order valence-electron chi connectivity index (χ1n) is 6.19. The fourth-order valence-corrected chi connectivity index (χ4v) is 3.27. The molecule has 1 aliphatic carbocycles. The fraction of sp³-hybridized carbons (Fsp3) is 0.923. The largest absolute Gasteiger partial charge is 0.481 e. The Hall–Kier alpha value is -0.530. The van der Waals surface area contributed by atoms with Crippen molar-refractivity contribution in [3.63, 3.8) is 0 Å². The highest BCUT2D eigenvalue weighted by Crippen LogP contribution is 2.63. The van der Waals surface area contributed by atoms with E-state index in [4.69, 9.17) is 5.11 Å². The molecule has 0 aromatic carbocycles. The van der Waals surface area contributed by atoms with Crippen LogP contribution in [0.25, 0.3) is 0 Å². The zero-order valence-electron chi connectivity index (χ0n) is 10.4. The maximum atomic E-state index is 11.1. The first-order valence-corrected chi connectivity index (χ1v) is 6.19. The van der Waals surface area contributed by atoms with Crippen molar-refractivity contribution < 1.29 is 9.90 Å². The van der Waals surface area contributed by atoms with E-state index in [9.17, 15) is 4.79 Å². The van der Waals surface area contributed by atoms with E-state index in [1.165, 1.54) is 25.7 Å². The normalized spacial score (nSPS) is 28.1. The molecule has 0 bridgehead atoms. The van der Waals surface area contributed by atoms with Crippen LogP contribution in [0.4, 0.5) is 0 Å². The number of aliphatic carboxylic acids is 1. The Morgan fingerprint density at radius 1 is 1.27 bits per heavy atom. The highest BCUT2D eigenvalue weighted by atomic mass is 16.4. The van der Waals surface area contributed by atoms with Gasteiger partial charge in [0.15, 0.2) is 0 Å². The smallest absolute Gasteiger partial charge is 0.307 e. The van der Waals surface area contributed by atoms with Gasteiger partial charge in [-0.1, -0.05) is 53.4 Å². The number of hydrogen-bond donors (Lipinski definition) is 1. The summed E-state index contributed by atoms with van der Waals surface area (Å²) >= 11 is 0. The molecule has 88 valence electrons. The number of carboxylic acids is 1. The summed E-state index contributed by atoms with van der Waals surface area (Å²) in [5.41, 5.74) is 0.0286. The molecule has 1 saturated carbocycles. The minimum atomic E-state index is -0.595. The standard InChI is InChI=1S/C13H24O2/c1-5-7-9(8-6-2)10-11(12(14)15)13(10,3)4/h9-11H,5-8H2,1-4H3,(H,14,15). The van der Waals surface area contributed by atoms with Gasteiger partial charge in [-0.15, -0.1) is 0 Å². The monoisotopic (exact) mass is 212 g/mol. The van der Waals surface area contributed by atoms with Crippen molar-refractivity contribution in [1.82, 2.24) is 0 Å². The average molecular weight is 212 g/mol. The quantitative estimate of drug-likeness (QED) is 0.731. The molecule has 1 aliphatic rings. The van der Waals surface area contributed by atoms with E-state index in [1.54, 1.807) is 0 Å². The predicted molar refractivity (Wildman–Crippen MR) is 61.7 cm³/mol. The van der Waals surface area contributed by atoms with Gasteiger partial charge in [0.2, 0.25) is 0 Å². The molecule has 1 N–H and O–H groups in total. The van der Waals surface area contributed by atoms with Crippen molar-refractivity contribution in [3.05, 3.63) is 0 Å². The van der Waals surface area contributed by atoms with Gasteiger partial charge in [0.05, 0.1) is 5.92 Å². The van der Waals surface area contributed by atoms with Crippen molar-refractivity contribution in [3.8, 4) is 0 Å². The van der Waals surface area contributed by atoms with E-state index < -0.39 is 5.97 Å². The Balaban J connectivity index is 2.65. The second kappa shape index (κ2) is 4.54. The van der Waals surface area contributed by atoms with Crippen LogP contribution in [0.15, 0.2) is 0 Å². The molecular weight excluding hydrogens is 188 g/mol. The number of rotatable bonds is 6. The van der Waals surface area contributed by atoms with Crippen LogP contribution in [0, 0.1) is 23.2 Å². The Kier molecular flexibility index (Phi) is 3.80. The maximum absolute atomic E-state index is 11.1. The van der Waals surface area contributed by atoms with Crippen molar-refractivity contribution >= 4 is 5.97 Å². The Morgan fingerprint density at radius 3 is 2.00 bits per heavy atom. The van der Waals surface area contributed by atoms with Crippen LogP contribution in [0.5, 0.6) is 0 Å². The fourth-order valence-electron chi connectivity index (χ4n) is 3.27. The predicted octanol–water partition coefficient (Wildman–Crippen LogP) is 3.56. The van der Waals surface area contributed by atoms with E-state index in [-0.39, 0.29) is 11.3 Å². The van der Waals surface area contributed by atoms with Crippen LogP contribution in [-0.4, -0.2) is 11.1 Å². The van der Waals surface area contributed by atoms with Gasteiger partial charge in [0, 0.05) is 0 Å². The first-order chi connectivity index (χ1) is 6.96. The molecule has 0 heterocycles. The molecule has 15 heavy (non-hydrogen) atoms. The van der Waals surface area contributed by atoms with Crippen molar-refractivity contribution in [2.24, 2.45) is 23.2 Å². The van der Waals surface area contributed by atoms with Gasteiger partial charge in [-0.25, -0.2) is 0 Å². The lowest BCUT2D eigenvalue weighted by Crippen LogP contribution is -2.08. The number of carbonyl (C=O) groups is 1. The molecule has 0 aromatic rings. The lowest BCUT2D eigenvalue weighted by molar-refractivity contribution is -0.139. The zero-order valence-corrected chi connectivity index (χ0v) is 10.4. The second-order valence-corrected chi connectivity index (χ2v) is 5.50. The van der Waals surface area contributed by atoms with Crippen molar-refractivity contribution in [2.45, 2.75) is 53.4 Å². The van der Waals surface area contributed by atoms with E-state index in [2.05, 4.69) is 27.7 Å². The van der Waals surface area contributed by atoms with Gasteiger partial charge in [-0.3, -0.25) is 4.79 Å². The second-order valence-electron chi connectivity index (χ2n) is 5.50. The molecule has 0 aromatic heterocycles. The van der Waals surface area contributed by atoms with Crippen molar-refractivity contribution in [2.75, 3.05) is 0 Å². The topological polar surface area (TPSA) is 37.3 Å². The van der Waals surface area contributed by atoms with Crippen LogP contribution in [0.3, 0.4) is 0 Å². The molecular formula is C13H24O2. The molecule has 0 amide bonds. The van der Waals surface area contributed by atoms with E-state index >= 15 is 0 Å².